The van der Waals surface area contributed by atoms with E-state index in [0.29, 0.717) is 17.0 Å². The normalized spacial score (nSPS) is 21.2. The highest BCUT2D eigenvalue weighted by molar-refractivity contribution is 6.31. The second kappa shape index (κ2) is 4.73. The molecule has 2 amide bonds. The van der Waals surface area contributed by atoms with Crippen molar-refractivity contribution in [2.75, 3.05) is 0 Å². The number of ether oxygens (including phenoxy) is 2. The van der Waals surface area contributed by atoms with Crippen LogP contribution in [0.2, 0.25) is 5.02 Å². The number of benzene rings is 1. The van der Waals surface area contributed by atoms with Crippen molar-refractivity contribution in [2.24, 2.45) is 11.5 Å². The average Bonchev–Trinajstić information content (AvgIpc) is 2.56. The predicted molar refractivity (Wildman–Crippen MR) is 63.0 cm³/mol. The molecule has 2 rings (SSSR count). The molecule has 0 aliphatic heterocycles. The monoisotopic (exact) mass is 270 g/mol. The number of halogens is 1. The largest absolute Gasteiger partial charge is 0.442 e. The van der Waals surface area contributed by atoms with Crippen molar-refractivity contribution >= 4 is 23.8 Å². The number of hydrogen-bond donors (Lipinski definition) is 2. The number of amides is 2. The van der Waals surface area contributed by atoms with E-state index in [0.717, 1.165) is 5.56 Å². The van der Waals surface area contributed by atoms with Crippen molar-refractivity contribution in [3.63, 3.8) is 0 Å². The zero-order valence-corrected chi connectivity index (χ0v) is 10.0. The highest BCUT2D eigenvalue weighted by atomic mass is 35.5. The van der Waals surface area contributed by atoms with E-state index in [2.05, 4.69) is 0 Å². The maximum atomic E-state index is 10.9. The molecular formula is C11H11ClN2O4. The highest BCUT2D eigenvalue weighted by Gasteiger charge is 2.39. The summed E-state index contributed by atoms with van der Waals surface area (Å²) in [5.74, 6) is 0. The van der Waals surface area contributed by atoms with Gasteiger partial charge in [-0.1, -0.05) is 23.7 Å². The molecule has 96 valence electrons. The van der Waals surface area contributed by atoms with Gasteiger partial charge in [0, 0.05) is 17.0 Å². The second-order valence-electron chi connectivity index (χ2n) is 3.85. The molecule has 18 heavy (non-hydrogen) atoms. The van der Waals surface area contributed by atoms with Crippen LogP contribution < -0.4 is 11.5 Å². The van der Waals surface area contributed by atoms with Crippen LogP contribution in [-0.4, -0.2) is 18.3 Å². The number of rotatable bonds is 2. The van der Waals surface area contributed by atoms with Crippen molar-refractivity contribution in [1.29, 1.82) is 0 Å². The lowest BCUT2D eigenvalue weighted by molar-refractivity contribution is 0.00577. The van der Waals surface area contributed by atoms with Crippen molar-refractivity contribution in [2.45, 2.75) is 18.6 Å². The highest BCUT2D eigenvalue weighted by Crippen LogP contribution is 2.40. The zero-order chi connectivity index (χ0) is 13.3. The summed E-state index contributed by atoms with van der Waals surface area (Å²) in [4.78, 5) is 21.7. The Bertz CT molecular complexity index is 506. The van der Waals surface area contributed by atoms with E-state index in [1.165, 1.54) is 0 Å². The molecule has 0 bridgehead atoms. The summed E-state index contributed by atoms with van der Waals surface area (Å²) in [5.41, 5.74) is 11.4. The Kier molecular flexibility index (Phi) is 3.29. The zero-order valence-electron chi connectivity index (χ0n) is 9.26. The van der Waals surface area contributed by atoms with Crippen LogP contribution in [0.3, 0.4) is 0 Å². The minimum atomic E-state index is -0.967. The molecule has 0 fully saturated rings. The molecule has 2 atom stereocenters. The summed E-state index contributed by atoms with van der Waals surface area (Å²) >= 11 is 6.05. The van der Waals surface area contributed by atoms with Gasteiger partial charge in [-0.05, 0) is 11.6 Å². The van der Waals surface area contributed by atoms with Crippen LogP contribution in [-0.2, 0) is 15.9 Å². The quantitative estimate of drug-likeness (QED) is 0.849. The minimum Gasteiger partial charge on any atom is -0.442 e. The number of primary amides is 2. The summed E-state index contributed by atoms with van der Waals surface area (Å²) in [7, 11) is 0. The number of nitrogens with two attached hydrogens (primary N) is 2. The fraction of sp³-hybridized carbons (Fsp3) is 0.273. The van der Waals surface area contributed by atoms with Crippen molar-refractivity contribution < 1.29 is 19.1 Å². The third-order valence-electron chi connectivity index (χ3n) is 2.70. The van der Waals surface area contributed by atoms with E-state index in [1.54, 1.807) is 12.1 Å². The van der Waals surface area contributed by atoms with E-state index >= 15 is 0 Å². The molecule has 7 heteroatoms. The van der Waals surface area contributed by atoms with E-state index in [9.17, 15) is 9.59 Å². The van der Waals surface area contributed by atoms with Crippen molar-refractivity contribution in [1.82, 2.24) is 0 Å². The first kappa shape index (κ1) is 12.5. The Balaban J connectivity index is 2.35. The molecular weight excluding hydrogens is 260 g/mol. The van der Waals surface area contributed by atoms with Gasteiger partial charge in [-0.3, -0.25) is 0 Å². The Labute approximate surface area is 108 Å². The van der Waals surface area contributed by atoms with E-state index in [-0.39, 0.29) is 0 Å². The molecule has 1 aliphatic rings. The first-order chi connectivity index (χ1) is 8.49. The third kappa shape index (κ3) is 2.33. The predicted octanol–water partition coefficient (Wildman–Crippen LogP) is 1.50. The molecule has 1 aromatic carbocycles. The lowest BCUT2D eigenvalue weighted by atomic mass is 10.1. The summed E-state index contributed by atoms with van der Waals surface area (Å²) in [6.07, 6.45) is -3.06. The molecule has 0 spiro atoms. The maximum Gasteiger partial charge on any atom is 0.405 e. The van der Waals surface area contributed by atoms with E-state index < -0.39 is 24.4 Å². The first-order valence-corrected chi connectivity index (χ1v) is 5.56. The van der Waals surface area contributed by atoms with Gasteiger partial charge in [0.05, 0.1) is 0 Å². The molecule has 6 nitrogen and oxygen atoms in total. The smallest absolute Gasteiger partial charge is 0.405 e. The average molecular weight is 271 g/mol. The minimum absolute atomic E-state index is 0.372. The molecule has 0 saturated heterocycles. The van der Waals surface area contributed by atoms with Crippen LogP contribution in [0.1, 0.15) is 17.2 Å². The van der Waals surface area contributed by atoms with Crippen LogP contribution >= 0.6 is 11.6 Å². The van der Waals surface area contributed by atoms with Gasteiger partial charge in [-0.15, -0.1) is 0 Å². The number of hydrogen-bond acceptors (Lipinski definition) is 4. The van der Waals surface area contributed by atoms with Crippen LogP contribution in [0.15, 0.2) is 18.2 Å². The van der Waals surface area contributed by atoms with E-state index in [4.69, 9.17) is 32.5 Å². The third-order valence-corrected chi connectivity index (χ3v) is 3.03. The molecule has 0 heterocycles. The summed E-state index contributed by atoms with van der Waals surface area (Å²) in [6.45, 7) is 0. The lowest BCUT2D eigenvalue weighted by Crippen LogP contribution is -2.30. The van der Waals surface area contributed by atoms with Gasteiger partial charge < -0.3 is 20.9 Å². The Morgan fingerprint density at radius 2 is 1.89 bits per heavy atom. The molecule has 4 N–H and O–H groups in total. The van der Waals surface area contributed by atoms with E-state index in [1.807, 2.05) is 6.07 Å². The van der Waals surface area contributed by atoms with Gasteiger partial charge >= 0.3 is 12.2 Å². The SMILES string of the molecule is NC(=O)O[C@H]1Cc2cccc(Cl)c2[C@H]1OC(N)=O. The van der Waals surface area contributed by atoms with Crippen LogP contribution in [0.25, 0.3) is 0 Å². The number of carbonyl (C=O) groups excluding carboxylic acids is 2. The van der Waals surface area contributed by atoms with Gasteiger partial charge in [-0.2, -0.15) is 0 Å². The van der Waals surface area contributed by atoms with Gasteiger partial charge in [0.2, 0.25) is 0 Å². The number of fused-ring (bicyclic) bond motifs is 1. The summed E-state index contributed by atoms with van der Waals surface area (Å²) in [6, 6.07) is 5.22. The Morgan fingerprint density at radius 3 is 2.50 bits per heavy atom. The van der Waals surface area contributed by atoms with Crippen LogP contribution in [0.5, 0.6) is 0 Å². The Hall–Kier alpha value is -1.95. The number of carbonyl (C=O) groups is 2. The standard InChI is InChI=1S/C11H11ClN2O4/c12-6-3-1-2-5-4-7(17-10(13)15)9(8(5)6)18-11(14)16/h1-3,7,9H,4H2,(H2,13,15)(H2,14,16)/t7-,9-/m0/s1. The molecule has 0 saturated carbocycles. The Morgan fingerprint density at radius 1 is 1.22 bits per heavy atom. The molecule has 0 unspecified atom stereocenters. The first-order valence-electron chi connectivity index (χ1n) is 5.18. The fourth-order valence-electron chi connectivity index (χ4n) is 2.10. The summed E-state index contributed by atoms with van der Waals surface area (Å²) < 4.78 is 9.86. The fourth-order valence-corrected chi connectivity index (χ4v) is 2.40. The summed E-state index contributed by atoms with van der Waals surface area (Å²) in [5, 5.41) is 0.425. The molecule has 1 aliphatic carbocycles. The van der Waals surface area contributed by atoms with Crippen LogP contribution in [0.4, 0.5) is 9.59 Å². The van der Waals surface area contributed by atoms with Crippen LogP contribution in [0, 0.1) is 0 Å². The van der Waals surface area contributed by atoms with Gasteiger partial charge in [0.1, 0.15) is 6.10 Å². The topological polar surface area (TPSA) is 105 Å². The maximum absolute atomic E-state index is 10.9. The molecule has 1 aromatic rings. The van der Waals surface area contributed by atoms with Gasteiger partial charge in [0.25, 0.3) is 0 Å². The second-order valence-corrected chi connectivity index (χ2v) is 4.26. The van der Waals surface area contributed by atoms with Crippen molar-refractivity contribution in [3.8, 4) is 0 Å². The lowest BCUT2D eigenvalue weighted by Gasteiger charge is -2.19. The van der Waals surface area contributed by atoms with Crippen molar-refractivity contribution in [3.05, 3.63) is 34.3 Å². The van der Waals surface area contributed by atoms with Gasteiger partial charge in [0.15, 0.2) is 6.10 Å². The molecule has 0 aromatic heterocycles. The molecule has 0 radical (unpaired) electrons. The van der Waals surface area contributed by atoms with Gasteiger partial charge in [-0.25, -0.2) is 9.59 Å².